The highest BCUT2D eigenvalue weighted by Crippen LogP contribution is 2.31. The lowest BCUT2D eigenvalue weighted by atomic mass is 10.1. The number of amides is 1. The molecule has 0 aliphatic rings. The summed E-state index contributed by atoms with van der Waals surface area (Å²) in [4.78, 5) is 18.6. The minimum Gasteiger partial charge on any atom is -0.345 e. The van der Waals surface area contributed by atoms with Crippen LogP contribution in [0, 0.1) is 12.7 Å². The van der Waals surface area contributed by atoms with Crippen molar-refractivity contribution in [1.29, 1.82) is 0 Å². The van der Waals surface area contributed by atoms with E-state index >= 15 is 0 Å². The SMILES string of the molecule is Cc1nc(-c2cccs2)sc1C(=O)NC(C)c1ccc(F)cc1. The number of hydrogen-bond acceptors (Lipinski definition) is 4. The van der Waals surface area contributed by atoms with Gasteiger partial charge in [0.2, 0.25) is 0 Å². The summed E-state index contributed by atoms with van der Waals surface area (Å²) in [7, 11) is 0. The summed E-state index contributed by atoms with van der Waals surface area (Å²) in [5.41, 5.74) is 1.59. The molecule has 1 N–H and O–H groups in total. The standard InChI is InChI=1S/C17H15FN2OS2/c1-10(12-5-7-13(18)8-6-12)19-16(21)15-11(2)20-17(23-15)14-4-3-9-22-14/h3-10H,1-2H3,(H,19,21). The van der Waals surface area contributed by atoms with Crippen molar-refractivity contribution in [2.75, 3.05) is 0 Å². The fraction of sp³-hybridized carbons (Fsp3) is 0.176. The van der Waals surface area contributed by atoms with Crippen molar-refractivity contribution in [2.45, 2.75) is 19.9 Å². The van der Waals surface area contributed by atoms with Gasteiger partial charge in [0.25, 0.3) is 5.91 Å². The highest BCUT2D eigenvalue weighted by atomic mass is 32.1. The predicted octanol–water partition coefficient (Wildman–Crippen LogP) is 4.81. The summed E-state index contributed by atoms with van der Waals surface area (Å²) < 4.78 is 13.0. The van der Waals surface area contributed by atoms with Gasteiger partial charge >= 0.3 is 0 Å². The van der Waals surface area contributed by atoms with Crippen LogP contribution in [-0.4, -0.2) is 10.9 Å². The van der Waals surface area contributed by atoms with Crippen LogP contribution in [0.15, 0.2) is 41.8 Å². The molecule has 0 spiro atoms. The molecule has 0 saturated heterocycles. The van der Waals surface area contributed by atoms with Crippen molar-refractivity contribution in [2.24, 2.45) is 0 Å². The second-order valence-corrected chi connectivity index (χ2v) is 7.10. The normalized spacial score (nSPS) is 12.1. The Labute approximate surface area is 141 Å². The average molecular weight is 346 g/mol. The summed E-state index contributed by atoms with van der Waals surface area (Å²) in [5, 5.41) is 5.79. The van der Waals surface area contributed by atoms with Crippen LogP contribution in [0.1, 0.15) is 33.9 Å². The summed E-state index contributed by atoms with van der Waals surface area (Å²) >= 11 is 2.99. The second kappa shape index (κ2) is 6.60. The minimum atomic E-state index is -0.286. The largest absolute Gasteiger partial charge is 0.345 e. The molecule has 3 aromatic rings. The van der Waals surface area contributed by atoms with Crippen molar-refractivity contribution < 1.29 is 9.18 Å². The number of thiazole rings is 1. The number of carbonyl (C=O) groups is 1. The monoisotopic (exact) mass is 346 g/mol. The lowest BCUT2D eigenvalue weighted by Crippen LogP contribution is -2.26. The van der Waals surface area contributed by atoms with Crippen LogP contribution in [0.2, 0.25) is 0 Å². The molecule has 3 nitrogen and oxygen atoms in total. The highest BCUT2D eigenvalue weighted by Gasteiger charge is 2.18. The summed E-state index contributed by atoms with van der Waals surface area (Å²) in [6, 6.07) is 9.90. The van der Waals surface area contributed by atoms with Gasteiger partial charge in [0.05, 0.1) is 16.6 Å². The highest BCUT2D eigenvalue weighted by molar-refractivity contribution is 7.22. The summed E-state index contributed by atoms with van der Waals surface area (Å²) in [6.45, 7) is 3.72. The zero-order valence-corrected chi connectivity index (χ0v) is 14.3. The van der Waals surface area contributed by atoms with Crippen LogP contribution in [0.5, 0.6) is 0 Å². The Bertz CT molecular complexity index is 810. The Balaban J connectivity index is 1.77. The molecule has 1 aromatic carbocycles. The van der Waals surface area contributed by atoms with Gasteiger partial charge in [-0.05, 0) is 43.0 Å². The average Bonchev–Trinajstić information content (AvgIpc) is 3.16. The van der Waals surface area contributed by atoms with Crippen LogP contribution >= 0.6 is 22.7 Å². The van der Waals surface area contributed by atoms with Gasteiger partial charge in [-0.3, -0.25) is 4.79 Å². The van der Waals surface area contributed by atoms with Crippen molar-refractivity contribution in [3.63, 3.8) is 0 Å². The minimum absolute atomic E-state index is 0.153. The molecule has 2 heterocycles. The molecule has 0 saturated carbocycles. The third-order valence-corrected chi connectivity index (χ3v) is 5.65. The lowest BCUT2D eigenvalue weighted by Gasteiger charge is -2.13. The number of rotatable bonds is 4. The first kappa shape index (κ1) is 15.8. The van der Waals surface area contributed by atoms with Gasteiger partial charge in [-0.25, -0.2) is 9.37 Å². The smallest absolute Gasteiger partial charge is 0.263 e. The molecule has 0 radical (unpaired) electrons. The zero-order chi connectivity index (χ0) is 16.4. The molecule has 0 bridgehead atoms. The van der Waals surface area contributed by atoms with Crippen LogP contribution in [0.25, 0.3) is 9.88 Å². The maximum absolute atomic E-state index is 13.0. The van der Waals surface area contributed by atoms with Gasteiger partial charge < -0.3 is 5.32 Å². The van der Waals surface area contributed by atoms with Crippen molar-refractivity contribution >= 4 is 28.6 Å². The van der Waals surface area contributed by atoms with E-state index in [0.29, 0.717) is 4.88 Å². The van der Waals surface area contributed by atoms with Gasteiger partial charge in [0, 0.05) is 0 Å². The number of hydrogen-bond donors (Lipinski definition) is 1. The Hall–Kier alpha value is -2.05. The zero-order valence-electron chi connectivity index (χ0n) is 12.7. The molecule has 0 aliphatic carbocycles. The van der Waals surface area contributed by atoms with E-state index in [1.165, 1.54) is 23.5 Å². The number of aromatic nitrogens is 1. The molecule has 1 amide bonds. The van der Waals surface area contributed by atoms with E-state index in [1.807, 2.05) is 31.4 Å². The third kappa shape index (κ3) is 3.48. The maximum atomic E-state index is 13.0. The molecular formula is C17H15FN2OS2. The number of carbonyl (C=O) groups excluding carboxylic acids is 1. The third-order valence-electron chi connectivity index (χ3n) is 3.45. The van der Waals surface area contributed by atoms with Gasteiger partial charge in [-0.15, -0.1) is 22.7 Å². The Morgan fingerprint density at radius 3 is 2.65 bits per heavy atom. The number of aryl methyl sites for hydroxylation is 1. The molecule has 0 aliphatic heterocycles. The van der Waals surface area contributed by atoms with Gasteiger partial charge in [-0.2, -0.15) is 0 Å². The van der Waals surface area contributed by atoms with E-state index in [0.717, 1.165) is 21.1 Å². The fourth-order valence-electron chi connectivity index (χ4n) is 2.21. The van der Waals surface area contributed by atoms with E-state index < -0.39 is 0 Å². The maximum Gasteiger partial charge on any atom is 0.263 e. The first-order valence-corrected chi connectivity index (χ1v) is 8.82. The molecule has 6 heteroatoms. The molecule has 0 fully saturated rings. The van der Waals surface area contributed by atoms with Crippen LogP contribution in [-0.2, 0) is 0 Å². The van der Waals surface area contributed by atoms with E-state index in [4.69, 9.17) is 0 Å². The number of benzene rings is 1. The Kier molecular flexibility index (Phi) is 4.54. The van der Waals surface area contributed by atoms with Crippen LogP contribution < -0.4 is 5.32 Å². The molecular weight excluding hydrogens is 331 g/mol. The van der Waals surface area contributed by atoms with Crippen molar-refractivity contribution in [3.05, 3.63) is 63.7 Å². The number of nitrogens with zero attached hydrogens (tertiary/aromatic N) is 1. The first-order valence-electron chi connectivity index (χ1n) is 7.12. The molecule has 2 aromatic heterocycles. The molecule has 3 rings (SSSR count). The topological polar surface area (TPSA) is 42.0 Å². The lowest BCUT2D eigenvalue weighted by molar-refractivity contribution is 0.0943. The van der Waals surface area contributed by atoms with Gasteiger partial charge in [-0.1, -0.05) is 18.2 Å². The molecule has 1 atom stereocenters. The first-order chi connectivity index (χ1) is 11.0. The number of halogens is 1. The van der Waals surface area contributed by atoms with E-state index in [2.05, 4.69) is 10.3 Å². The fourth-order valence-corrected chi connectivity index (χ4v) is 3.98. The summed E-state index contributed by atoms with van der Waals surface area (Å²) in [5.74, 6) is -0.439. The van der Waals surface area contributed by atoms with Crippen molar-refractivity contribution in [3.8, 4) is 9.88 Å². The molecule has 118 valence electrons. The summed E-state index contributed by atoms with van der Waals surface area (Å²) in [6.07, 6.45) is 0. The van der Waals surface area contributed by atoms with E-state index in [1.54, 1.807) is 23.5 Å². The number of nitrogens with one attached hydrogen (secondary N) is 1. The van der Waals surface area contributed by atoms with E-state index in [-0.39, 0.29) is 17.8 Å². The quantitative estimate of drug-likeness (QED) is 0.736. The predicted molar refractivity (Wildman–Crippen MR) is 92.4 cm³/mol. The number of thiophene rings is 1. The molecule has 23 heavy (non-hydrogen) atoms. The van der Waals surface area contributed by atoms with Crippen LogP contribution in [0.3, 0.4) is 0 Å². The van der Waals surface area contributed by atoms with Gasteiger partial charge in [0.1, 0.15) is 15.7 Å². The van der Waals surface area contributed by atoms with Crippen LogP contribution in [0.4, 0.5) is 4.39 Å². The Morgan fingerprint density at radius 1 is 1.26 bits per heavy atom. The van der Waals surface area contributed by atoms with Gasteiger partial charge in [0.15, 0.2) is 0 Å². The Morgan fingerprint density at radius 2 is 2.00 bits per heavy atom. The molecule has 1 unspecified atom stereocenters. The van der Waals surface area contributed by atoms with E-state index in [9.17, 15) is 9.18 Å². The van der Waals surface area contributed by atoms with Crippen molar-refractivity contribution in [1.82, 2.24) is 10.3 Å². The second-order valence-electron chi connectivity index (χ2n) is 5.16.